The van der Waals surface area contributed by atoms with Gasteiger partial charge in [-0.05, 0) is 117 Å². The summed E-state index contributed by atoms with van der Waals surface area (Å²) >= 11 is 0. The molecule has 4 saturated carbocycles. The minimum Gasteiger partial charge on any atom is -0.481 e. The van der Waals surface area contributed by atoms with Crippen LogP contribution in [0.15, 0.2) is 0 Å². The Kier molecular flexibility index (Phi) is 11.5. The van der Waals surface area contributed by atoms with Gasteiger partial charge in [-0.1, -0.05) is 20.8 Å². The fourth-order valence-corrected chi connectivity index (χ4v) is 10.7. The predicted molar refractivity (Wildman–Crippen MR) is 161 cm³/mol. The van der Waals surface area contributed by atoms with E-state index in [2.05, 4.69) is 25.5 Å². The zero-order chi connectivity index (χ0) is 33.2. The third-order valence-electron chi connectivity index (χ3n) is 12.1. The van der Waals surface area contributed by atoms with E-state index in [0.717, 1.165) is 43.9 Å². The number of esters is 1. The van der Waals surface area contributed by atoms with Crippen LogP contribution in [0.2, 0.25) is 0 Å². The van der Waals surface area contributed by atoms with E-state index in [4.69, 9.17) is 29.1 Å². The molecule has 0 bridgehead atoms. The van der Waals surface area contributed by atoms with Gasteiger partial charge in [-0.15, -0.1) is 0 Å². The van der Waals surface area contributed by atoms with Crippen molar-refractivity contribution in [2.75, 3.05) is 19.7 Å². The molecule has 0 aromatic carbocycles. The van der Waals surface area contributed by atoms with Gasteiger partial charge >= 0.3 is 25.7 Å². The zero-order valence-electron chi connectivity index (χ0n) is 27.0. The lowest BCUT2D eigenvalue weighted by molar-refractivity contribution is -0.174. The van der Waals surface area contributed by atoms with Crippen molar-refractivity contribution < 1.29 is 57.6 Å². The van der Waals surface area contributed by atoms with Crippen LogP contribution >= 0.6 is 7.60 Å². The van der Waals surface area contributed by atoms with E-state index in [9.17, 15) is 23.7 Å². The van der Waals surface area contributed by atoms with Gasteiger partial charge in [-0.2, -0.15) is 0 Å². The molecule has 4 fully saturated rings. The highest BCUT2D eigenvalue weighted by atomic mass is 31.2. The molecule has 4 aliphatic rings. The number of ketones is 1. The van der Waals surface area contributed by atoms with Crippen molar-refractivity contribution in [3.8, 4) is 0 Å². The monoisotopic (exact) mass is 658 g/mol. The van der Waals surface area contributed by atoms with Crippen molar-refractivity contribution in [1.29, 1.82) is 0 Å². The predicted octanol–water partition coefficient (Wildman–Crippen LogP) is 5.53. The Balaban J connectivity index is 1.21. The van der Waals surface area contributed by atoms with Gasteiger partial charge in [0.25, 0.3) is 0 Å². The number of aliphatic carboxylic acids is 1. The molecule has 13 heteroatoms. The van der Waals surface area contributed by atoms with Crippen molar-refractivity contribution in [3.05, 3.63) is 0 Å². The van der Waals surface area contributed by atoms with Crippen molar-refractivity contribution in [1.82, 2.24) is 0 Å². The van der Waals surface area contributed by atoms with Crippen molar-refractivity contribution in [3.63, 3.8) is 0 Å². The fourth-order valence-electron chi connectivity index (χ4n) is 9.92. The van der Waals surface area contributed by atoms with Crippen LogP contribution in [-0.2, 0) is 37.9 Å². The lowest BCUT2D eigenvalue weighted by Crippen LogP contribution is -2.54. The molecule has 0 heterocycles. The summed E-state index contributed by atoms with van der Waals surface area (Å²) in [5.41, 5.74) is 0.568. The van der Waals surface area contributed by atoms with Crippen molar-refractivity contribution in [2.45, 2.75) is 104 Å². The van der Waals surface area contributed by atoms with Gasteiger partial charge in [-0.3, -0.25) is 14.2 Å². The first-order chi connectivity index (χ1) is 21.0. The molecular formula is C32H51O12P. The summed E-state index contributed by atoms with van der Waals surface area (Å²) in [7, 11) is -4.76. The molecule has 4 rings (SSSR count). The second kappa shape index (κ2) is 14.4. The number of hydrogen-bond donors (Lipinski definition) is 3. The molecule has 0 aromatic heterocycles. The second-order valence-electron chi connectivity index (χ2n) is 14.7. The molecule has 10 atom stereocenters. The molecule has 256 valence electrons. The average Bonchev–Trinajstić information content (AvgIpc) is 3.31. The van der Waals surface area contributed by atoms with Crippen LogP contribution in [-0.4, -0.2) is 64.6 Å². The van der Waals surface area contributed by atoms with Gasteiger partial charge in [0.05, 0.1) is 6.16 Å². The Morgan fingerprint density at radius 2 is 1.58 bits per heavy atom. The van der Waals surface area contributed by atoms with Gasteiger partial charge in [0.1, 0.15) is 11.9 Å². The van der Waals surface area contributed by atoms with Crippen molar-refractivity contribution in [2.24, 2.45) is 52.3 Å². The summed E-state index contributed by atoms with van der Waals surface area (Å²) in [6, 6.07) is 0. The van der Waals surface area contributed by atoms with Crippen LogP contribution in [0.4, 0.5) is 4.79 Å². The third-order valence-corrected chi connectivity index (χ3v) is 13.0. The number of carboxylic acids is 1. The molecule has 3 N–H and O–H groups in total. The summed E-state index contributed by atoms with van der Waals surface area (Å²) in [6.45, 7) is 7.68. The maximum atomic E-state index is 12.3. The zero-order valence-corrected chi connectivity index (χ0v) is 27.9. The summed E-state index contributed by atoms with van der Waals surface area (Å²) in [5.74, 6) is -1.00. The van der Waals surface area contributed by atoms with Crippen LogP contribution in [0.3, 0.4) is 0 Å². The van der Waals surface area contributed by atoms with Crippen LogP contribution < -0.4 is 0 Å². The number of rotatable bonds is 13. The molecule has 0 saturated heterocycles. The lowest BCUT2D eigenvalue weighted by Gasteiger charge is -2.61. The minimum atomic E-state index is -4.76. The number of carbonyl (C=O) groups excluding carboxylic acids is 3. The summed E-state index contributed by atoms with van der Waals surface area (Å²) in [6.07, 6.45) is 9.23. The summed E-state index contributed by atoms with van der Waals surface area (Å²) < 4.78 is 31.1. The van der Waals surface area contributed by atoms with Gasteiger partial charge in [0, 0.05) is 6.42 Å². The number of carbonyl (C=O) groups is 4. The molecule has 4 aliphatic carbocycles. The standard InChI is InChI=1S/C32H51O12P/c1-19(5-6-20(2)33)25-9-10-26-23-8-7-21-15-22(11-13-31(21,3)27(23)12-14-32(25,26)4)44-30(37)43-18-41-17-42-29(36)24(28(34)35)16-45(38,39)40/h19,21-27H,5-18H2,1-4H3,(H,34,35)(H2,38,39,40)/t19-,21-,22-,23?,24?,25?,26?,27?,31+,32-/m1/s1. The molecule has 0 aliphatic heterocycles. The molecule has 12 nitrogen and oxygen atoms in total. The highest BCUT2D eigenvalue weighted by molar-refractivity contribution is 7.51. The largest absolute Gasteiger partial charge is 0.510 e. The number of fused-ring (bicyclic) bond motifs is 5. The molecule has 0 spiro atoms. The van der Waals surface area contributed by atoms with Gasteiger partial charge < -0.3 is 38.6 Å². The van der Waals surface area contributed by atoms with Gasteiger partial charge in [0.15, 0.2) is 19.5 Å². The third kappa shape index (κ3) is 8.29. The van der Waals surface area contributed by atoms with Crippen LogP contribution in [0.25, 0.3) is 0 Å². The topological polar surface area (TPSA) is 183 Å². The van der Waals surface area contributed by atoms with E-state index in [0.29, 0.717) is 35.5 Å². The Bertz CT molecular complexity index is 1150. The van der Waals surface area contributed by atoms with E-state index in [1.807, 2.05) is 0 Å². The quantitative estimate of drug-likeness (QED) is 0.0741. The van der Waals surface area contributed by atoms with Gasteiger partial charge in [-0.25, -0.2) is 4.79 Å². The highest BCUT2D eigenvalue weighted by Gasteiger charge is 2.60. The Morgan fingerprint density at radius 3 is 2.24 bits per heavy atom. The number of carboxylic acid groups (broad SMARTS) is 1. The number of ether oxygens (including phenoxy) is 4. The van der Waals surface area contributed by atoms with E-state index in [1.54, 1.807) is 6.92 Å². The van der Waals surface area contributed by atoms with E-state index >= 15 is 0 Å². The van der Waals surface area contributed by atoms with Crippen molar-refractivity contribution >= 4 is 31.5 Å². The SMILES string of the molecule is CC(=O)CC[C@@H](C)C1CCC2C3CC[C@@H]4C[C@H](OC(=O)OCOCOC(=O)C(CP(=O)(O)O)C(=O)O)CC[C@]4(C)C3CC[C@@]21C. The van der Waals surface area contributed by atoms with Crippen LogP contribution in [0.1, 0.15) is 98.3 Å². The highest BCUT2D eigenvalue weighted by Crippen LogP contribution is 2.68. The first-order valence-corrected chi connectivity index (χ1v) is 18.2. The summed E-state index contributed by atoms with van der Waals surface area (Å²) in [5, 5.41) is 9.01. The lowest BCUT2D eigenvalue weighted by atomic mass is 9.44. The maximum absolute atomic E-state index is 12.3. The summed E-state index contributed by atoms with van der Waals surface area (Å²) in [4.78, 5) is 64.8. The average molecular weight is 659 g/mol. The first kappa shape index (κ1) is 35.8. The molecule has 0 radical (unpaired) electrons. The van der Waals surface area contributed by atoms with Crippen LogP contribution in [0.5, 0.6) is 0 Å². The Hall–Kier alpha value is -2.01. The van der Waals surface area contributed by atoms with E-state index in [-0.39, 0.29) is 17.3 Å². The molecule has 0 aromatic rings. The molecule has 45 heavy (non-hydrogen) atoms. The number of Topliss-reactive ketones (excluding diaryl/α,β-unsaturated/α-hetero) is 1. The molecular weight excluding hydrogens is 607 g/mol. The Morgan fingerprint density at radius 1 is 0.911 bits per heavy atom. The van der Waals surface area contributed by atoms with E-state index < -0.39 is 51.4 Å². The first-order valence-electron chi connectivity index (χ1n) is 16.4. The smallest absolute Gasteiger partial charge is 0.481 e. The van der Waals surface area contributed by atoms with E-state index in [1.165, 1.54) is 32.1 Å². The molecule has 0 amide bonds. The Labute approximate surface area is 265 Å². The van der Waals surface area contributed by atoms with Gasteiger partial charge in [0.2, 0.25) is 0 Å². The second-order valence-corrected chi connectivity index (χ2v) is 16.3. The number of hydrogen-bond acceptors (Lipinski definition) is 9. The fraction of sp³-hybridized carbons (Fsp3) is 0.875. The van der Waals surface area contributed by atoms with Crippen LogP contribution in [0, 0.1) is 52.3 Å². The maximum Gasteiger partial charge on any atom is 0.510 e. The minimum absolute atomic E-state index is 0.215. The molecule has 5 unspecified atom stereocenters. The normalized spacial score (nSPS) is 35.6.